The fourth-order valence-electron chi connectivity index (χ4n) is 6.47. The summed E-state index contributed by atoms with van der Waals surface area (Å²) >= 11 is 0. The number of ether oxygens (including phenoxy) is 1. The molecule has 0 radical (unpaired) electrons. The maximum absolute atomic E-state index is 6.45. The fraction of sp³-hybridized carbons (Fsp3) is 0.220. The van der Waals surface area contributed by atoms with E-state index in [-0.39, 0.29) is 21.1 Å². The number of rotatable bonds is 10. The third-order valence-corrected chi connectivity index (χ3v) is 8.67. The molecule has 7 aromatic rings. The van der Waals surface area contributed by atoms with Crippen molar-refractivity contribution in [1.29, 1.82) is 0 Å². The molecule has 0 fully saturated rings. The number of pyridine rings is 1. The minimum Gasteiger partial charge on any atom is -0.509 e. The van der Waals surface area contributed by atoms with E-state index in [1.54, 1.807) is 0 Å². The van der Waals surface area contributed by atoms with Crippen LogP contribution in [0.4, 0.5) is 0 Å². The molecular weight excluding hydrogens is 760 g/mol. The molecule has 6 heteroatoms. The van der Waals surface area contributed by atoms with Crippen LogP contribution >= 0.6 is 0 Å². The normalized spacial score (nSPS) is 11.2. The number of hydrogen-bond donors (Lipinski definition) is 0. The second-order valence-corrected chi connectivity index (χ2v) is 12.0. The first-order chi connectivity index (χ1) is 22.5. The molecule has 0 atom stereocenters. The van der Waals surface area contributed by atoms with E-state index in [2.05, 4.69) is 105 Å². The van der Waals surface area contributed by atoms with Crippen molar-refractivity contribution in [3.05, 3.63) is 132 Å². The van der Waals surface area contributed by atoms with Crippen LogP contribution in [0.15, 0.2) is 97.2 Å². The molecule has 0 bridgehead atoms. The molecule has 0 aliphatic heterocycles. The summed E-state index contributed by atoms with van der Waals surface area (Å²) in [6.07, 6.45) is 7.43. The predicted molar refractivity (Wildman–Crippen MR) is 187 cm³/mol. The van der Waals surface area contributed by atoms with E-state index in [1.165, 1.54) is 16.5 Å². The van der Waals surface area contributed by atoms with Crippen LogP contribution in [0.3, 0.4) is 0 Å². The Labute approximate surface area is 291 Å². The zero-order valence-electron chi connectivity index (χ0n) is 27.3. The SMILES string of the molecule is CCCCc1ccnc(-n2c3[c-]c(Oc4[c-]c(-n5nc(C)c(-c6ccccc6)c5C)ccc4)ccc3c3cc(CCC)ccc32)c1.[Pt+2]. The van der Waals surface area contributed by atoms with E-state index in [0.29, 0.717) is 11.5 Å². The molecule has 0 aliphatic carbocycles. The summed E-state index contributed by atoms with van der Waals surface area (Å²) in [7, 11) is 0. The molecule has 0 saturated carbocycles. The van der Waals surface area contributed by atoms with Gasteiger partial charge in [-0.05, 0) is 79.1 Å². The Morgan fingerprint density at radius 1 is 0.745 bits per heavy atom. The Kier molecular flexibility index (Phi) is 9.75. The summed E-state index contributed by atoms with van der Waals surface area (Å²) in [6, 6.07) is 38.6. The van der Waals surface area contributed by atoms with Gasteiger partial charge in [-0.1, -0.05) is 74.7 Å². The van der Waals surface area contributed by atoms with Crippen molar-refractivity contribution in [3.63, 3.8) is 0 Å². The van der Waals surface area contributed by atoms with Gasteiger partial charge < -0.3 is 9.30 Å². The van der Waals surface area contributed by atoms with Gasteiger partial charge in [0.25, 0.3) is 0 Å². The standard InChI is InChI=1S/C41H38N4O.Pt/c1-5-7-13-31-22-23-42-40(25-31)44-38-21-18-30(12-6-2)24-37(38)36-20-19-35(27-39(36)44)46-34-17-11-16-33(26-34)45-29(4)41(28(3)43-45)32-14-9-8-10-15-32;/h8-11,14-25H,5-7,12-13H2,1-4H3;/q-2;+2. The third-order valence-electron chi connectivity index (χ3n) is 8.67. The molecule has 0 aliphatic rings. The maximum Gasteiger partial charge on any atom is 2.00 e. The molecule has 0 saturated heterocycles. The molecule has 0 N–H and O–H groups in total. The van der Waals surface area contributed by atoms with Crippen LogP contribution in [0, 0.1) is 26.0 Å². The number of hydrogen-bond acceptors (Lipinski definition) is 3. The van der Waals surface area contributed by atoms with E-state index in [0.717, 1.165) is 82.5 Å². The Hall–Kier alpha value is -4.47. The van der Waals surface area contributed by atoms with Crippen LogP contribution in [0.25, 0.3) is 44.4 Å². The summed E-state index contributed by atoms with van der Waals surface area (Å²) in [4.78, 5) is 4.83. The second kappa shape index (κ2) is 14.1. The molecule has 4 aromatic carbocycles. The van der Waals surface area contributed by atoms with E-state index >= 15 is 0 Å². The molecule has 0 spiro atoms. The Morgan fingerprint density at radius 2 is 1.55 bits per heavy atom. The largest absolute Gasteiger partial charge is 2.00 e. The van der Waals surface area contributed by atoms with E-state index in [4.69, 9.17) is 14.8 Å². The molecule has 7 rings (SSSR count). The minimum absolute atomic E-state index is 0. The quantitative estimate of drug-likeness (QED) is 0.130. The number of fused-ring (bicyclic) bond motifs is 3. The van der Waals surface area contributed by atoms with Crippen LogP contribution in [0.5, 0.6) is 11.5 Å². The van der Waals surface area contributed by atoms with E-state index in [9.17, 15) is 0 Å². The summed E-state index contributed by atoms with van der Waals surface area (Å²) in [5.74, 6) is 2.13. The first-order valence-corrected chi connectivity index (χ1v) is 16.3. The predicted octanol–water partition coefficient (Wildman–Crippen LogP) is 10.3. The molecule has 3 heterocycles. The summed E-state index contributed by atoms with van der Waals surface area (Å²) < 4.78 is 10.6. The average molecular weight is 798 g/mol. The van der Waals surface area contributed by atoms with E-state index < -0.39 is 0 Å². The van der Waals surface area contributed by atoms with Gasteiger partial charge in [-0.3, -0.25) is 4.68 Å². The van der Waals surface area contributed by atoms with E-state index in [1.807, 2.05) is 41.2 Å². The van der Waals surface area contributed by atoms with Gasteiger partial charge >= 0.3 is 21.1 Å². The number of benzene rings is 4. The zero-order chi connectivity index (χ0) is 31.6. The van der Waals surface area contributed by atoms with Crippen molar-refractivity contribution in [2.75, 3.05) is 0 Å². The van der Waals surface area contributed by atoms with Crippen LogP contribution in [-0.4, -0.2) is 19.3 Å². The van der Waals surface area contributed by atoms with Crippen LogP contribution in [0.2, 0.25) is 0 Å². The summed E-state index contributed by atoms with van der Waals surface area (Å²) in [6.45, 7) is 8.60. The van der Waals surface area contributed by atoms with Gasteiger partial charge in [0.1, 0.15) is 5.82 Å². The molecule has 47 heavy (non-hydrogen) atoms. The van der Waals surface area contributed by atoms with Gasteiger partial charge in [-0.2, -0.15) is 17.2 Å². The van der Waals surface area contributed by atoms with Gasteiger partial charge in [0, 0.05) is 34.5 Å². The Morgan fingerprint density at radius 3 is 2.36 bits per heavy atom. The molecule has 5 nitrogen and oxygen atoms in total. The third kappa shape index (κ3) is 6.42. The monoisotopic (exact) mass is 797 g/mol. The average Bonchev–Trinajstić information content (AvgIpc) is 3.56. The maximum atomic E-state index is 6.45. The summed E-state index contributed by atoms with van der Waals surface area (Å²) in [5, 5.41) is 7.21. The second-order valence-electron chi connectivity index (χ2n) is 12.0. The fourth-order valence-corrected chi connectivity index (χ4v) is 6.47. The van der Waals surface area contributed by atoms with Gasteiger partial charge in [-0.15, -0.1) is 35.7 Å². The molecular formula is C41H38N4OPt. The van der Waals surface area contributed by atoms with Gasteiger partial charge in [-0.25, -0.2) is 4.98 Å². The van der Waals surface area contributed by atoms with Crippen molar-refractivity contribution in [2.24, 2.45) is 0 Å². The van der Waals surface area contributed by atoms with Crippen LogP contribution < -0.4 is 4.74 Å². The Bertz CT molecular complexity index is 2160. The molecule has 238 valence electrons. The molecule has 0 unspecified atom stereocenters. The number of unbranched alkanes of at least 4 members (excludes halogenated alkanes) is 1. The van der Waals surface area contributed by atoms with Crippen LogP contribution in [0.1, 0.15) is 55.6 Å². The van der Waals surface area contributed by atoms with Gasteiger partial charge in [0.2, 0.25) is 0 Å². The number of aromatic nitrogens is 4. The minimum atomic E-state index is 0. The van der Waals surface area contributed by atoms with Crippen molar-refractivity contribution < 1.29 is 25.8 Å². The number of aryl methyl sites for hydroxylation is 3. The van der Waals surface area contributed by atoms with Crippen LogP contribution in [-0.2, 0) is 33.9 Å². The van der Waals surface area contributed by atoms with Crippen molar-refractivity contribution in [1.82, 2.24) is 19.3 Å². The molecule has 0 amide bonds. The topological polar surface area (TPSA) is 44.9 Å². The number of nitrogens with zero attached hydrogens (tertiary/aromatic N) is 4. The molecule has 3 aromatic heterocycles. The first-order valence-electron chi connectivity index (χ1n) is 16.3. The van der Waals surface area contributed by atoms with Gasteiger partial charge in [0.05, 0.1) is 5.69 Å². The van der Waals surface area contributed by atoms with Crippen molar-refractivity contribution in [2.45, 2.75) is 59.8 Å². The first kappa shape index (κ1) is 32.5. The zero-order valence-corrected chi connectivity index (χ0v) is 29.6. The van der Waals surface area contributed by atoms with Crippen molar-refractivity contribution >= 4 is 21.8 Å². The smallest absolute Gasteiger partial charge is 0.509 e. The van der Waals surface area contributed by atoms with Crippen molar-refractivity contribution in [3.8, 4) is 34.1 Å². The van der Waals surface area contributed by atoms with Gasteiger partial charge in [0.15, 0.2) is 0 Å². The Balaban J connectivity index is 0.00000386. The summed E-state index contributed by atoms with van der Waals surface area (Å²) in [5.41, 5.74) is 9.86.